The van der Waals surface area contributed by atoms with Crippen LogP contribution in [0.4, 0.5) is 4.79 Å². The van der Waals surface area contributed by atoms with E-state index in [0.717, 1.165) is 12.8 Å². The summed E-state index contributed by atoms with van der Waals surface area (Å²) in [5.41, 5.74) is 1.26. The molecule has 3 N–H and O–H groups in total. The summed E-state index contributed by atoms with van der Waals surface area (Å²) in [6.45, 7) is 2.48. The lowest BCUT2D eigenvalue weighted by Crippen LogP contribution is -2.45. The fourth-order valence-corrected chi connectivity index (χ4v) is 3.61. The molecule has 2 amide bonds. The number of esters is 1. The third kappa shape index (κ3) is 4.19. The van der Waals surface area contributed by atoms with Gasteiger partial charge in [0.1, 0.15) is 6.61 Å². The van der Waals surface area contributed by atoms with Gasteiger partial charge in [0.05, 0.1) is 29.3 Å². The molecular weight excluding hydrogens is 420 g/mol. The second-order valence-electron chi connectivity index (χ2n) is 6.36. The highest BCUT2D eigenvalue weighted by Gasteiger charge is 2.33. The van der Waals surface area contributed by atoms with Crippen LogP contribution in [-0.4, -0.2) is 43.5 Å². The summed E-state index contributed by atoms with van der Waals surface area (Å²) in [5.74, 6) is -0.384. The number of rotatable bonds is 5. The predicted octanol–water partition coefficient (Wildman–Crippen LogP) is 2.51. The highest BCUT2D eigenvalue weighted by molar-refractivity contribution is 9.10. The van der Waals surface area contributed by atoms with Crippen molar-refractivity contribution >= 4 is 27.9 Å². The number of nitrogens with one attached hydrogen (secondary N) is 2. The lowest BCUT2D eigenvalue weighted by molar-refractivity contribution is -0.142. The molecule has 9 heteroatoms. The van der Waals surface area contributed by atoms with Crippen molar-refractivity contribution in [3.8, 4) is 11.5 Å². The number of methoxy groups -OCH3 is 1. The first-order valence-electron chi connectivity index (χ1n) is 8.54. The molecule has 0 aliphatic carbocycles. The van der Waals surface area contributed by atoms with Crippen molar-refractivity contribution in [2.24, 2.45) is 0 Å². The maximum absolute atomic E-state index is 12.7. The van der Waals surface area contributed by atoms with Crippen LogP contribution in [0.2, 0.25) is 0 Å². The molecule has 3 rings (SSSR count). The molecule has 2 atom stereocenters. The first-order valence-corrected chi connectivity index (χ1v) is 9.33. The number of allylic oxidation sites excluding steroid dienone is 1. The average Bonchev–Trinajstić information content (AvgIpc) is 3.14. The number of aromatic hydroxyl groups is 1. The van der Waals surface area contributed by atoms with E-state index in [1.807, 2.05) is 0 Å². The molecule has 0 saturated carbocycles. The standard InChI is InChI=1S/C18H21BrN2O6/c1-9-14(17(23)27-8-11-4-3-5-26-11)15(21-18(24)20-9)10-6-12(19)16(22)13(7-10)25-2/h6-7,11,15,22H,3-5,8H2,1-2H3,(H2,20,21,24)/t11-,15-/m0/s1. The zero-order chi connectivity index (χ0) is 19.6. The molecule has 2 aliphatic rings. The zero-order valence-corrected chi connectivity index (χ0v) is 16.6. The molecule has 2 aliphatic heterocycles. The summed E-state index contributed by atoms with van der Waals surface area (Å²) in [7, 11) is 1.42. The van der Waals surface area contributed by atoms with Crippen molar-refractivity contribution in [2.45, 2.75) is 31.9 Å². The minimum Gasteiger partial charge on any atom is -0.503 e. The quantitative estimate of drug-likeness (QED) is 0.607. The third-order valence-corrected chi connectivity index (χ3v) is 5.12. The van der Waals surface area contributed by atoms with Crippen molar-refractivity contribution in [1.82, 2.24) is 10.6 Å². The molecule has 0 aromatic heterocycles. The lowest BCUT2D eigenvalue weighted by Gasteiger charge is -2.28. The van der Waals surface area contributed by atoms with Crippen LogP contribution in [0.5, 0.6) is 11.5 Å². The SMILES string of the molecule is COc1cc([C@@H]2NC(=O)NC(C)=C2C(=O)OC[C@@H]2CCCO2)cc(Br)c1O. The van der Waals surface area contributed by atoms with E-state index in [1.165, 1.54) is 7.11 Å². The van der Waals surface area contributed by atoms with Crippen molar-refractivity contribution in [3.63, 3.8) is 0 Å². The Labute approximate surface area is 165 Å². The van der Waals surface area contributed by atoms with E-state index < -0.39 is 18.0 Å². The largest absolute Gasteiger partial charge is 0.503 e. The first kappa shape index (κ1) is 19.5. The molecule has 8 nitrogen and oxygen atoms in total. The van der Waals surface area contributed by atoms with Gasteiger partial charge in [0, 0.05) is 12.3 Å². The van der Waals surface area contributed by atoms with Gasteiger partial charge in [-0.2, -0.15) is 0 Å². The molecular formula is C18H21BrN2O6. The molecule has 0 unspecified atom stereocenters. The van der Waals surface area contributed by atoms with Gasteiger partial charge in [-0.05, 0) is 53.4 Å². The van der Waals surface area contributed by atoms with E-state index in [2.05, 4.69) is 26.6 Å². The molecule has 1 saturated heterocycles. The van der Waals surface area contributed by atoms with Crippen molar-refractivity contribution in [2.75, 3.05) is 20.3 Å². The Morgan fingerprint density at radius 1 is 1.44 bits per heavy atom. The van der Waals surface area contributed by atoms with Gasteiger partial charge in [0.2, 0.25) is 0 Å². The Bertz CT molecular complexity index is 788. The van der Waals surface area contributed by atoms with Crippen LogP contribution in [0.25, 0.3) is 0 Å². The van der Waals surface area contributed by atoms with E-state index in [1.54, 1.807) is 19.1 Å². The van der Waals surface area contributed by atoms with Crippen LogP contribution in [0, 0.1) is 0 Å². The van der Waals surface area contributed by atoms with Gasteiger partial charge in [0.25, 0.3) is 0 Å². The summed E-state index contributed by atoms with van der Waals surface area (Å²) in [6, 6.07) is 2.00. The van der Waals surface area contributed by atoms with Crippen LogP contribution in [0.3, 0.4) is 0 Å². The van der Waals surface area contributed by atoms with Gasteiger partial charge in [-0.1, -0.05) is 0 Å². The highest BCUT2D eigenvalue weighted by Crippen LogP contribution is 2.39. The van der Waals surface area contributed by atoms with E-state index in [-0.39, 0.29) is 29.8 Å². The number of carbonyl (C=O) groups excluding carboxylic acids is 2. The van der Waals surface area contributed by atoms with Gasteiger partial charge in [-0.25, -0.2) is 9.59 Å². The minimum atomic E-state index is -0.749. The summed E-state index contributed by atoms with van der Waals surface area (Å²) in [4.78, 5) is 24.7. The lowest BCUT2D eigenvalue weighted by atomic mass is 9.95. The van der Waals surface area contributed by atoms with Gasteiger partial charge in [0.15, 0.2) is 11.5 Å². The fourth-order valence-electron chi connectivity index (χ4n) is 3.15. The second-order valence-corrected chi connectivity index (χ2v) is 7.21. The number of hydrogen-bond donors (Lipinski definition) is 3. The van der Waals surface area contributed by atoms with Crippen LogP contribution in [-0.2, 0) is 14.3 Å². The monoisotopic (exact) mass is 440 g/mol. The molecule has 0 spiro atoms. The first-order chi connectivity index (χ1) is 12.9. The topological polar surface area (TPSA) is 106 Å². The van der Waals surface area contributed by atoms with Crippen molar-refractivity contribution in [1.29, 1.82) is 0 Å². The molecule has 146 valence electrons. The smallest absolute Gasteiger partial charge is 0.338 e. The number of ether oxygens (including phenoxy) is 3. The molecule has 27 heavy (non-hydrogen) atoms. The van der Waals surface area contributed by atoms with Crippen molar-refractivity contribution < 1.29 is 28.9 Å². The van der Waals surface area contributed by atoms with Gasteiger partial charge >= 0.3 is 12.0 Å². The normalized spacial score (nSPS) is 22.3. The summed E-state index contributed by atoms with van der Waals surface area (Å²) in [5, 5.41) is 15.3. The van der Waals surface area contributed by atoms with E-state index in [9.17, 15) is 14.7 Å². The van der Waals surface area contributed by atoms with E-state index in [4.69, 9.17) is 14.2 Å². The number of phenols is 1. The van der Waals surface area contributed by atoms with Crippen LogP contribution >= 0.6 is 15.9 Å². The molecule has 1 aromatic carbocycles. The van der Waals surface area contributed by atoms with Crippen LogP contribution < -0.4 is 15.4 Å². The number of carbonyl (C=O) groups is 2. The third-order valence-electron chi connectivity index (χ3n) is 4.52. The number of phenolic OH excluding ortho intramolecular Hbond substituents is 1. The van der Waals surface area contributed by atoms with Gasteiger partial charge in [-0.3, -0.25) is 0 Å². The van der Waals surface area contributed by atoms with Crippen molar-refractivity contribution in [3.05, 3.63) is 33.4 Å². The molecule has 2 heterocycles. The summed E-state index contributed by atoms with van der Waals surface area (Å²) < 4.78 is 16.5. The number of urea groups is 1. The van der Waals surface area contributed by atoms with Gasteiger partial charge < -0.3 is 30.0 Å². The van der Waals surface area contributed by atoms with E-state index >= 15 is 0 Å². The number of halogens is 1. The summed E-state index contributed by atoms with van der Waals surface area (Å²) >= 11 is 3.26. The maximum atomic E-state index is 12.7. The Morgan fingerprint density at radius 3 is 2.89 bits per heavy atom. The van der Waals surface area contributed by atoms with Gasteiger partial charge in [-0.15, -0.1) is 0 Å². The maximum Gasteiger partial charge on any atom is 0.338 e. The number of amides is 2. The Balaban J connectivity index is 1.89. The van der Waals surface area contributed by atoms with E-state index in [0.29, 0.717) is 22.3 Å². The van der Waals surface area contributed by atoms with Crippen LogP contribution in [0.1, 0.15) is 31.4 Å². The predicted molar refractivity (Wildman–Crippen MR) is 99.4 cm³/mol. The Hall–Kier alpha value is -2.26. The molecule has 1 fully saturated rings. The Morgan fingerprint density at radius 2 is 2.22 bits per heavy atom. The zero-order valence-electron chi connectivity index (χ0n) is 15.0. The highest BCUT2D eigenvalue weighted by atomic mass is 79.9. The number of hydrogen-bond acceptors (Lipinski definition) is 6. The molecule has 0 radical (unpaired) electrons. The number of benzene rings is 1. The second kappa shape index (κ2) is 8.18. The Kier molecular flexibility index (Phi) is 5.91. The average molecular weight is 441 g/mol. The van der Waals surface area contributed by atoms with Crippen LogP contribution in [0.15, 0.2) is 27.9 Å². The minimum absolute atomic E-state index is 0.0651. The molecule has 0 bridgehead atoms. The molecule has 1 aromatic rings. The summed E-state index contributed by atoms with van der Waals surface area (Å²) in [6.07, 6.45) is 1.71. The fraction of sp³-hybridized carbons (Fsp3) is 0.444.